The van der Waals surface area contributed by atoms with Crippen LogP contribution in [0.25, 0.3) is 10.4 Å². The molecule has 2 N–H and O–H groups in total. The Kier molecular flexibility index (Phi) is 8.34. The van der Waals surface area contributed by atoms with Gasteiger partial charge in [-0.2, -0.15) is 0 Å². The van der Waals surface area contributed by atoms with Crippen LogP contribution in [0.15, 0.2) is 47.4 Å². The molecule has 188 valence electrons. The molecular formula is C27H35N3O3S2. The number of aryl methyl sites for hydroxylation is 2. The quantitative estimate of drug-likeness (QED) is 0.309. The van der Waals surface area contributed by atoms with E-state index in [1.54, 1.807) is 29.5 Å². The molecule has 35 heavy (non-hydrogen) atoms. The van der Waals surface area contributed by atoms with Crippen LogP contribution < -0.4 is 14.8 Å². The van der Waals surface area contributed by atoms with Crippen molar-refractivity contribution >= 4 is 32.2 Å². The second-order valence-corrected chi connectivity index (χ2v) is 11.9. The van der Waals surface area contributed by atoms with Crippen LogP contribution in [0.4, 0.5) is 10.8 Å². The van der Waals surface area contributed by atoms with Gasteiger partial charge in [0.1, 0.15) is 10.6 Å². The number of hydrogen-bond donors (Lipinski definition) is 2. The summed E-state index contributed by atoms with van der Waals surface area (Å²) >= 11 is 1.57. The summed E-state index contributed by atoms with van der Waals surface area (Å²) in [6, 6.07) is 12.8. The third-order valence-corrected chi connectivity index (χ3v) is 9.06. The summed E-state index contributed by atoms with van der Waals surface area (Å²) in [5, 5.41) is 4.40. The fraction of sp³-hybridized carbons (Fsp3) is 0.444. The number of rotatable bonds is 10. The lowest BCUT2D eigenvalue weighted by Gasteiger charge is -2.21. The largest absolute Gasteiger partial charge is 0.495 e. The number of thiazole rings is 1. The number of aromatic nitrogens is 1. The molecular weight excluding hydrogens is 478 g/mol. The molecule has 1 heterocycles. The number of nitrogens with one attached hydrogen (secondary N) is 2. The predicted octanol–water partition coefficient (Wildman–Crippen LogP) is 6.87. The minimum absolute atomic E-state index is 0.114. The summed E-state index contributed by atoms with van der Waals surface area (Å²) in [4.78, 5) is 5.78. The first-order chi connectivity index (χ1) is 16.9. The molecule has 1 fully saturated rings. The van der Waals surface area contributed by atoms with Crippen molar-refractivity contribution in [3.05, 3.63) is 53.7 Å². The van der Waals surface area contributed by atoms with Gasteiger partial charge in [-0.15, -0.1) is 0 Å². The number of anilines is 2. The summed E-state index contributed by atoms with van der Waals surface area (Å²) in [5.41, 5.74) is 3.34. The van der Waals surface area contributed by atoms with E-state index < -0.39 is 10.0 Å². The molecule has 0 spiro atoms. The van der Waals surface area contributed by atoms with E-state index in [4.69, 9.17) is 9.72 Å². The van der Waals surface area contributed by atoms with Gasteiger partial charge in [0.15, 0.2) is 5.13 Å². The maximum absolute atomic E-state index is 13.4. The van der Waals surface area contributed by atoms with Gasteiger partial charge in [0, 0.05) is 12.2 Å². The number of methoxy groups -OCH3 is 1. The number of hydrogen-bond acceptors (Lipinski definition) is 6. The van der Waals surface area contributed by atoms with E-state index in [1.807, 2.05) is 31.2 Å². The van der Waals surface area contributed by atoms with Crippen LogP contribution in [0.5, 0.6) is 5.75 Å². The van der Waals surface area contributed by atoms with E-state index in [-0.39, 0.29) is 4.90 Å². The predicted molar refractivity (Wildman–Crippen MR) is 145 cm³/mol. The average molecular weight is 514 g/mol. The SMILES string of the molecule is CCCc1cccc(NS(=O)(=O)c2cc(-c3sc(NCC4CCCCC4)nc3C)ccc2OC)c1. The lowest BCUT2D eigenvalue weighted by Crippen LogP contribution is -2.16. The highest BCUT2D eigenvalue weighted by atomic mass is 32.2. The molecule has 0 aliphatic heterocycles. The molecule has 1 saturated carbocycles. The van der Waals surface area contributed by atoms with Gasteiger partial charge < -0.3 is 10.1 Å². The zero-order valence-corrected chi connectivity index (χ0v) is 22.4. The van der Waals surface area contributed by atoms with Gasteiger partial charge in [-0.05, 0) is 73.6 Å². The number of sulfonamides is 1. The topological polar surface area (TPSA) is 80.3 Å². The Labute approximate surface area is 213 Å². The van der Waals surface area contributed by atoms with Gasteiger partial charge >= 0.3 is 0 Å². The zero-order chi connectivity index (χ0) is 24.8. The van der Waals surface area contributed by atoms with Gasteiger partial charge in [0.2, 0.25) is 0 Å². The molecule has 3 aromatic rings. The van der Waals surface area contributed by atoms with Crippen molar-refractivity contribution in [1.82, 2.24) is 4.98 Å². The molecule has 1 aliphatic carbocycles. The van der Waals surface area contributed by atoms with E-state index in [9.17, 15) is 8.42 Å². The van der Waals surface area contributed by atoms with E-state index >= 15 is 0 Å². The molecule has 2 aromatic carbocycles. The van der Waals surface area contributed by atoms with Crippen LogP contribution in [0, 0.1) is 12.8 Å². The minimum atomic E-state index is -3.86. The van der Waals surface area contributed by atoms with Gasteiger partial charge in [0.05, 0.1) is 17.7 Å². The van der Waals surface area contributed by atoms with Crippen molar-refractivity contribution in [1.29, 1.82) is 0 Å². The summed E-state index contributed by atoms with van der Waals surface area (Å²) < 4.78 is 34.9. The number of nitrogens with zero attached hydrogens (tertiary/aromatic N) is 1. The third-order valence-electron chi connectivity index (χ3n) is 6.50. The second-order valence-electron chi connectivity index (χ2n) is 9.24. The first kappa shape index (κ1) is 25.5. The van der Waals surface area contributed by atoms with Crippen LogP contribution in [0.1, 0.15) is 56.7 Å². The van der Waals surface area contributed by atoms with E-state index in [2.05, 4.69) is 17.0 Å². The van der Waals surface area contributed by atoms with Crippen LogP contribution in [0.3, 0.4) is 0 Å². The van der Waals surface area contributed by atoms with E-state index in [0.717, 1.165) is 46.2 Å². The normalized spacial score (nSPS) is 14.6. The number of benzene rings is 2. The maximum Gasteiger partial charge on any atom is 0.265 e. The summed E-state index contributed by atoms with van der Waals surface area (Å²) in [6.07, 6.45) is 8.42. The molecule has 0 amide bonds. The highest BCUT2D eigenvalue weighted by Gasteiger charge is 2.22. The van der Waals surface area contributed by atoms with Gasteiger partial charge in [-0.25, -0.2) is 13.4 Å². The number of ether oxygens (including phenoxy) is 1. The Morgan fingerprint density at radius 2 is 1.91 bits per heavy atom. The standard InChI is InChI=1S/C27H35N3O3S2/c1-4-9-20-12-8-13-23(16-20)30-35(31,32)25-17-22(14-15-24(25)33-3)26-19(2)29-27(34-26)28-18-21-10-6-5-7-11-21/h8,12-17,21,30H,4-7,9-11,18H2,1-3H3,(H,28,29). The van der Waals surface area contributed by atoms with Crippen molar-refractivity contribution in [3.63, 3.8) is 0 Å². The second kappa shape index (κ2) is 11.4. The molecule has 0 saturated heterocycles. The van der Waals surface area contributed by atoms with E-state index in [0.29, 0.717) is 17.4 Å². The molecule has 0 bridgehead atoms. The fourth-order valence-electron chi connectivity index (χ4n) is 4.68. The lowest BCUT2D eigenvalue weighted by atomic mass is 9.89. The zero-order valence-electron chi connectivity index (χ0n) is 20.8. The Morgan fingerprint density at radius 1 is 1.11 bits per heavy atom. The highest BCUT2D eigenvalue weighted by Crippen LogP contribution is 2.37. The lowest BCUT2D eigenvalue weighted by molar-refractivity contribution is 0.373. The van der Waals surface area contributed by atoms with Crippen LogP contribution in [-0.4, -0.2) is 27.1 Å². The minimum Gasteiger partial charge on any atom is -0.495 e. The molecule has 1 aliphatic rings. The average Bonchev–Trinajstić information content (AvgIpc) is 3.23. The van der Waals surface area contributed by atoms with Crippen molar-refractivity contribution in [2.45, 2.75) is 63.7 Å². The van der Waals surface area contributed by atoms with Crippen molar-refractivity contribution in [2.75, 3.05) is 23.7 Å². The van der Waals surface area contributed by atoms with Gasteiger partial charge in [-0.3, -0.25) is 4.72 Å². The van der Waals surface area contributed by atoms with Crippen LogP contribution >= 0.6 is 11.3 Å². The summed E-state index contributed by atoms with van der Waals surface area (Å²) in [6.45, 7) is 5.01. The fourth-order valence-corrected chi connectivity index (χ4v) is 6.90. The Balaban J connectivity index is 1.58. The Morgan fingerprint density at radius 3 is 2.66 bits per heavy atom. The summed E-state index contributed by atoms with van der Waals surface area (Å²) in [5.74, 6) is 1.01. The Bertz CT molecular complexity index is 1250. The first-order valence-electron chi connectivity index (χ1n) is 12.4. The third kappa shape index (κ3) is 6.35. The highest BCUT2D eigenvalue weighted by molar-refractivity contribution is 7.92. The van der Waals surface area contributed by atoms with Crippen molar-refractivity contribution in [2.24, 2.45) is 5.92 Å². The molecule has 1 aromatic heterocycles. The Hall–Kier alpha value is -2.58. The first-order valence-corrected chi connectivity index (χ1v) is 14.7. The van der Waals surface area contributed by atoms with Gasteiger partial charge in [0.25, 0.3) is 10.0 Å². The van der Waals surface area contributed by atoms with Crippen LogP contribution in [0.2, 0.25) is 0 Å². The van der Waals surface area contributed by atoms with Crippen molar-refractivity contribution in [3.8, 4) is 16.2 Å². The summed E-state index contributed by atoms with van der Waals surface area (Å²) in [7, 11) is -2.37. The molecule has 8 heteroatoms. The van der Waals surface area contributed by atoms with E-state index in [1.165, 1.54) is 39.2 Å². The molecule has 0 radical (unpaired) electrons. The van der Waals surface area contributed by atoms with Crippen LogP contribution in [-0.2, 0) is 16.4 Å². The monoisotopic (exact) mass is 513 g/mol. The maximum atomic E-state index is 13.4. The van der Waals surface area contributed by atoms with Crippen molar-refractivity contribution < 1.29 is 13.2 Å². The molecule has 6 nitrogen and oxygen atoms in total. The van der Waals surface area contributed by atoms with Gasteiger partial charge in [-0.1, -0.05) is 56.1 Å². The molecule has 4 rings (SSSR count). The molecule has 0 unspecified atom stereocenters. The molecule has 0 atom stereocenters. The smallest absolute Gasteiger partial charge is 0.265 e.